The van der Waals surface area contributed by atoms with Gasteiger partial charge in [0.1, 0.15) is 0 Å². The highest BCUT2D eigenvalue weighted by Crippen LogP contribution is 2.37. The summed E-state index contributed by atoms with van der Waals surface area (Å²) in [4.78, 5) is 27.7. The molecule has 1 N–H and O–H groups in total. The maximum atomic E-state index is 13.7. The fourth-order valence-corrected chi connectivity index (χ4v) is 3.44. The van der Waals surface area contributed by atoms with Gasteiger partial charge in [0, 0.05) is 25.2 Å². The molecular formula is C24H19F3N4O2. The van der Waals surface area contributed by atoms with Crippen LogP contribution in [0.3, 0.4) is 0 Å². The van der Waals surface area contributed by atoms with Crippen LogP contribution in [-0.4, -0.2) is 29.8 Å². The molecule has 6 nitrogen and oxygen atoms in total. The second-order valence-electron chi connectivity index (χ2n) is 7.52. The summed E-state index contributed by atoms with van der Waals surface area (Å²) in [5.41, 5.74) is -1.24. The Morgan fingerprint density at radius 3 is 2.21 bits per heavy atom. The smallest absolute Gasteiger partial charge is 0.378 e. The van der Waals surface area contributed by atoms with Crippen molar-refractivity contribution in [3.8, 4) is 5.69 Å². The van der Waals surface area contributed by atoms with E-state index in [0.29, 0.717) is 11.4 Å². The van der Waals surface area contributed by atoms with Crippen LogP contribution >= 0.6 is 0 Å². The summed E-state index contributed by atoms with van der Waals surface area (Å²) in [5.74, 6) is -0.862. The Labute approximate surface area is 186 Å². The number of carbonyl (C=O) groups excluding carboxylic acids is 1. The first-order chi connectivity index (χ1) is 15.7. The zero-order chi connectivity index (χ0) is 23.8. The third-order valence-electron chi connectivity index (χ3n) is 5.09. The second kappa shape index (κ2) is 8.42. The van der Waals surface area contributed by atoms with Crippen LogP contribution in [0.5, 0.6) is 0 Å². The fourth-order valence-electron chi connectivity index (χ4n) is 3.44. The van der Waals surface area contributed by atoms with Crippen LogP contribution in [0.25, 0.3) is 16.5 Å². The highest BCUT2D eigenvalue weighted by molar-refractivity contribution is 6.11. The molecule has 4 aromatic rings. The van der Waals surface area contributed by atoms with Crippen LogP contribution in [0.15, 0.2) is 77.6 Å². The second-order valence-corrected chi connectivity index (χ2v) is 7.52. The Bertz CT molecular complexity index is 1400. The molecule has 0 unspecified atom stereocenters. The van der Waals surface area contributed by atoms with E-state index in [2.05, 4.69) is 10.4 Å². The largest absolute Gasteiger partial charge is 0.418 e. The molecule has 1 aromatic heterocycles. The average molecular weight is 452 g/mol. The van der Waals surface area contributed by atoms with E-state index < -0.39 is 28.9 Å². The summed E-state index contributed by atoms with van der Waals surface area (Å²) >= 11 is 0. The van der Waals surface area contributed by atoms with Gasteiger partial charge in [-0.2, -0.15) is 23.0 Å². The van der Waals surface area contributed by atoms with Crippen molar-refractivity contribution >= 4 is 28.1 Å². The van der Waals surface area contributed by atoms with Crippen LogP contribution in [0.1, 0.15) is 16.1 Å². The molecule has 0 fully saturated rings. The zero-order valence-electron chi connectivity index (χ0n) is 17.7. The Morgan fingerprint density at radius 1 is 0.939 bits per heavy atom. The third-order valence-corrected chi connectivity index (χ3v) is 5.09. The van der Waals surface area contributed by atoms with E-state index in [1.807, 2.05) is 0 Å². The zero-order valence-corrected chi connectivity index (χ0v) is 17.7. The standard InChI is InChI=1S/C24H19F3N4O2/c1-30(2)16-12-13-20(19(14-16)24(25,26)27)28-22(32)21-17-10-6-7-11-18(17)23(33)31(29-21)15-8-4-3-5-9-15/h3-14H,1-2H3,(H,28,32). The van der Waals surface area contributed by atoms with Crippen molar-refractivity contribution in [3.63, 3.8) is 0 Å². The topological polar surface area (TPSA) is 67.2 Å². The van der Waals surface area contributed by atoms with Gasteiger partial charge in [0.05, 0.1) is 22.3 Å². The van der Waals surface area contributed by atoms with E-state index in [9.17, 15) is 22.8 Å². The molecule has 33 heavy (non-hydrogen) atoms. The lowest BCUT2D eigenvalue weighted by molar-refractivity contribution is -0.136. The number of aromatic nitrogens is 2. The van der Waals surface area contributed by atoms with Gasteiger partial charge in [-0.1, -0.05) is 36.4 Å². The van der Waals surface area contributed by atoms with Crippen LogP contribution in [0.2, 0.25) is 0 Å². The number of rotatable bonds is 4. The number of fused-ring (bicyclic) bond motifs is 1. The molecule has 0 atom stereocenters. The molecule has 9 heteroatoms. The number of nitrogens with one attached hydrogen (secondary N) is 1. The normalized spacial score (nSPS) is 11.4. The van der Waals surface area contributed by atoms with E-state index in [-0.39, 0.29) is 16.5 Å². The lowest BCUT2D eigenvalue weighted by atomic mass is 10.1. The minimum absolute atomic E-state index is 0.168. The van der Waals surface area contributed by atoms with Crippen LogP contribution in [-0.2, 0) is 6.18 Å². The molecule has 0 aliphatic rings. The number of carbonyl (C=O) groups is 1. The number of anilines is 2. The highest BCUT2D eigenvalue weighted by Gasteiger charge is 2.35. The summed E-state index contributed by atoms with van der Waals surface area (Å²) in [7, 11) is 3.24. The van der Waals surface area contributed by atoms with Gasteiger partial charge in [-0.3, -0.25) is 9.59 Å². The van der Waals surface area contributed by atoms with E-state index in [0.717, 1.165) is 10.7 Å². The number of alkyl halides is 3. The van der Waals surface area contributed by atoms with Gasteiger partial charge < -0.3 is 10.2 Å². The molecule has 0 saturated carbocycles. The lowest BCUT2D eigenvalue weighted by Gasteiger charge is -2.19. The first kappa shape index (κ1) is 22.1. The van der Waals surface area contributed by atoms with Crippen molar-refractivity contribution in [2.24, 2.45) is 0 Å². The van der Waals surface area contributed by atoms with Crippen LogP contribution in [0, 0.1) is 0 Å². The predicted octanol–water partition coefficient (Wildman–Crippen LogP) is 4.72. The molecule has 0 saturated heterocycles. The monoisotopic (exact) mass is 452 g/mol. The van der Waals surface area contributed by atoms with Gasteiger partial charge in [-0.05, 0) is 36.4 Å². The van der Waals surface area contributed by atoms with E-state index in [1.165, 1.54) is 23.1 Å². The summed E-state index contributed by atoms with van der Waals surface area (Å²) in [6.07, 6.45) is -4.69. The van der Waals surface area contributed by atoms with Gasteiger partial charge in [0.15, 0.2) is 5.69 Å². The molecule has 0 aliphatic heterocycles. The molecule has 0 spiro atoms. The maximum Gasteiger partial charge on any atom is 0.418 e. The number of amides is 1. The molecule has 1 amide bonds. The van der Waals surface area contributed by atoms with Gasteiger partial charge >= 0.3 is 6.18 Å². The third kappa shape index (κ3) is 4.30. The molecule has 0 bridgehead atoms. The van der Waals surface area contributed by atoms with Crippen molar-refractivity contribution in [1.82, 2.24) is 9.78 Å². The first-order valence-electron chi connectivity index (χ1n) is 9.94. The average Bonchev–Trinajstić information content (AvgIpc) is 2.79. The summed E-state index contributed by atoms with van der Waals surface area (Å²) in [6.45, 7) is 0. The van der Waals surface area contributed by atoms with Crippen molar-refractivity contribution in [1.29, 1.82) is 0 Å². The Kier molecular flexibility index (Phi) is 5.63. The van der Waals surface area contributed by atoms with Gasteiger partial charge in [0.2, 0.25) is 0 Å². The number of halogens is 3. The van der Waals surface area contributed by atoms with Gasteiger partial charge in [-0.25, -0.2) is 0 Å². The van der Waals surface area contributed by atoms with E-state index in [1.54, 1.807) is 62.6 Å². The highest BCUT2D eigenvalue weighted by atomic mass is 19.4. The van der Waals surface area contributed by atoms with Gasteiger partial charge in [-0.15, -0.1) is 0 Å². The van der Waals surface area contributed by atoms with E-state index >= 15 is 0 Å². The summed E-state index contributed by atoms with van der Waals surface area (Å²) in [5, 5.41) is 7.01. The number of para-hydroxylation sites is 1. The molecule has 3 aromatic carbocycles. The van der Waals surface area contributed by atoms with Crippen molar-refractivity contribution in [3.05, 3.63) is 94.4 Å². The Hall–Kier alpha value is -4.14. The van der Waals surface area contributed by atoms with Crippen molar-refractivity contribution < 1.29 is 18.0 Å². The SMILES string of the molecule is CN(C)c1ccc(NC(=O)c2nn(-c3ccccc3)c(=O)c3ccccc23)c(C(F)(F)F)c1. The first-order valence-corrected chi connectivity index (χ1v) is 9.94. The molecule has 4 rings (SSSR count). The molecule has 0 aliphatic carbocycles. The quantitative estimate of drug-likeness (QED) is 0.487. The van der Waals surface area contributed by atoms with E-state index in [4.69, 9.17) is 0 Å². The number of hydrogen-bond acceptors (Lipinski definition) is 4. The number of nitrogens with zero attached hydrogens (tertiary/aromatic N) is 3. The van der Waals surface area contributed by atoms with Crippen molar-refractivity contribution in [2.75, 3.05) is 24.3 Å². The minimum atomic E-state index is -4.69. The number of hydrogen-bond donors (Lipinski definition) is 1. The summed E-state index contributed by atoms with van der Waals surface area (Å²) in [6, 6.07) is 18.5. The van der Waals surface area contributed by atoms with Crippen LogP contribution < -0.4 is 15.8 Å². The lowest BCUT2D eigenvalue weighted by Crippen LogP contribution is -2.27. The fraction of sp³-hybridized carbons (Fsp3) is 0.125. The molecule has 168 valence electrons. The number of benzene rings is 3. The molecule has 1 heterocycles. The summed E-state index contributed by atoms with van der Waals surface area (Å²) < 4.78 is 42.2. The molecule has 0 radical (unpaired) electrons. The molecular weight excluding hydrogens is 433 g/mol. The minimum Gasteiger partial charge on any atom is -0.378 e. The Balaban J connectivity index is 1.85. The predicted molar refractivity (Wildman–Crippen MR) is 121 cm³/mol. The van der Waals surface area contributed by atoms with Crippen LogP contribution in [0.4, 0.5) is 24.5 Å². The Morgan fingerprint density at radius 2 is 1.58 bits per heavy atom. The maximum absolute atomic E-state index is 13.7. The van der Waals surface area contributed by atoms with Crippen molar-refractivity contribution in [2.45, 2.75) is 6.18 Å². The van der Waals surface area contributed by atoms with Gasteiger partial charge in [0.25, 0.3) is 11.5 Å².